The van der Waals surface area contributed by atoms with E-state index in [-0.39, 0.29) is 5.48 Å². The SMILES string of the molecule is Brc1cc[c]([Hg+])cc1.[OH-]. The van der Waals surface area contributed by atoms with Crippen LogP contribution in [0.4, 0.5) is 0 Å². The maximum absolute atomic E-state index is 3.37. The molecule has 1 nitrogen and oxygen atoms in total. The second-order valence-electron chi connectivity index (χ2n) is 1.63. The standard InChI is InChI=1S/C6H4Br.Hg.H2O/c7-6-4-2-1-3-5-6;;/h2-5H;;1H2/q;+1;/p-1. The summed E-state index contributed by atoms with van der Waals surface area (Å²) in [7, 11) is 0. The molecule has 1 N–H and O–H groups in total. The van der Waals surface area contributed by atoms with Crippen molar-refractivity contribution >= 4 is 19.0 Å². The minimum absolute atomic E-state index is 0. The van der Waals surface area contributed by atoms with Gasteiger partial charge < -0.3 is 5.48 Å². The molecule has 0 saturated carbocycles. The van der Waals surface area contributed by atoms with Crippen LogP contribution in [0.2, 0.25) is 0 Å². The van der Waals surface area contributed by atoms with Gasteiger partial charge in [0.2, 0.25) is 0 Å². The van der Waals surface area contributed by atoms with Crippen molar-refractivity contribution < 1.29 is 31.6 Å². The van der Waals surface area contributed by atoms with Crippen LogP contribution in [0.1, 0.15) is 0 Å². The van der Waals surface area contributed by atoms with E-state index in [0.29, 0.717) is 0 Å². The second-order valence-corrected chi connectivity index (χ2v) is 5.72. The third-order valence-corrected chi connectivity index (χ3v) is 3.27. The van der Waals surface area contributed by atoms with Crippen molar-refractivity contribution in [1.29, 1.82) is 0 Å². The van der Waals surface area contributed by atoms with Gasteiger partial charge in [0.25, 0.3) is 0 Å². The Balaban J connectivity index is 0.000000640. The fraction of sp³-hybridized carbons (Fsp3) is 0. The smallest absolute Gasteiger partial charge is 0.870 e. The van der Waals surface area contributed by atoms with E-state index in [1.165, 1.54) is 7.54 Å². The van der Waals surface area contributed by atoms with Gasteiger partial charge in [-0.2, -0.15) is 0 Å². The van der Waals surface area contributed by atoms with Crippen LogP contribution in [-0.2, 0) is 26.1 Å². The summed E-state index contributed by atoms with van der Waals surface area (Å²) in [4.78, 5) is 0. The van der Waals surface area contributed by atoms with Crippen LogP contribution in [-0.4, -0.2) is 5.48 Å². The van der Waals surface area contributed by atoms with E-state index in [4.69, 9.17) is 0 Å². The van der Waals surface area contributed by atoms with Crippen molar-refractivity contribution in [3.63, 3.8) is 0 Å². The van der Waals surface area contributed by atoms with E-state index < -0.39 is 0 Å². The van der Waals surface area contributed by atoms with E-state index in [9.17, 15) is 0 Å². The largest absolute Gasteiger partial charge is 0.870 e. The minimum Gasteiger partial charge on any atom is -0.870 e. The Bertz CT molecular complexity index is 152. The third kappa shape index (κ3) is 3.33. The van der Waals surface area contributed by atoms with Gasteiger partial charge in [-0.3, -0.25) is 0 Å². The van der Waals surface area contributed by atoms with E-state index in [1.54, 1.807) is 0 Å². The summed E-state index contributed by atoms with van der Waals surface area (Å²) in [5.41, 5.74) is 0. The van der Waals surface area contributed by atoms with Gasteiger partial charge in [-0.1, -0.05) is 0 Å². The summed E-state index contributed by atoms with van der Waals surface area (Å²) in [6.07, 6.45) is 0. The molecule has 9 heavy (non-hydrogen) atoms. The molecular formula is C6H5BrHgO. The summed E-state index contributed by atoms with van der Waals surface area (Å²) in [5.74, 6) is 0. The quantitative estimate of drug-likeness (QED) is 0.633. The monoisotopic (exact) mass is 374 g/mol. The van der Waals surface area contributed by atoms with E-state index in [1.807, 2.05) is 0 Å². The van der Waals surface area contributed by atoms with Crippen molar-refractivity contribution in [3.8, 4) is 0 Å². The molecule has 0 aliphatic heterocycles. The van der Waals surface area contributed by atoms with Gasteiger partial charge in [0.1, 0.15) is 0 Å². The zero-order chi connectivity index (χ0) is 5.98. The maximum Gasteiger partial charge on any atom is -0.870 e. The van der Waals surface area contributed by atoms with E-state index >= 15 is 0 Å². The predicted octanol–water partition coefficient (Wildman–Crippen LogP) is 1.44. The molecule has 0 heterocycles. The molecule has 1 aromatic rings. The predicted molar refractivity (Wildman–Crippen MR) is 35.7 cm³/mol. The molecule has 0 amide bonds. The molecule has 0 aliphatic carbocycles. The zero-order valence-corrected chi connectivity index (χ0v) is 11.9. The molecule has 0 radical (unpaired) electrons. The van der Waals surface area contributed by atoms with Gasteiger partial charge >= 0.3 is 73.9 Å². The Morgan fingerprint density at radius 3 is 1.89 bits per heavy atom. The first-order valence-corrected chi connectivity index (χ1v) is 5.91. The average Bonchev–Trinajstić information content (AvgIpc) is 1.77. The third-order valence-electron chi connectivity index (χ3n) is 0.913. The fourth-order valence-electron chi connectivity index (χ4n) is 0.484. The first-order valence-electron chi connectivity index (χ1n) is 2.36. The van der Waals surface area contributed by atoms with E-state index in [2.05, 4.69) is 40.2 Å². The molecule has 0 unspecified atom stereocenters. The van der Waals surface area contributed by atoms with Gasteiger partial charge in [-0.05, 0) is 0 Å². The number of rotatable bonds is 0. The van der Waals surface area contributed by atoms with Gasteiger partial charge in [-0.25, -0.2) is 0 Å². The summed E-state index contributed by atoms with van der Waals surface area (Å²) < 4.78 is 2.67. The Morgan fingerprint density at radius 1 is 1.11 bits per heavy atom. The van der Waals surface area contributed by atoms with Gasteiger partial charge in [0.05, 0.1) is 0 Å². The molecule has 3 heteroatoms. The fourth-order valence-corrected chi connectivity index (χ4v) is 1.67. The van der Waals surface area contributed by atoms with E-state index in [0.717, 1.165) is 26.1 Å². The van der Waals surface area contributed by atoms with Crippen molar-refractivity contribution in [2.45, 2.75) is 0 Å². The normalized spacial score (nSPS) is 8.33. The summed E-state index contributed by atoms with van der Waals surface area (Å²) >= 11 is 4.15. The van der Waals surface area contributed by atoms with Crippen molar-refractivity contribution in [2.24, 2.45) is 0 Å². The van der Waals surface area contributed by atoms with Crippen LogP contribution >= 0.6 is 15.9 Å². The number of benzene rings is 1. The number of hydrogen-bond donors (Lipinski definition) is 0. The van der Waals surface area contributed by atoms with Crippen LogP contribution in [0.3, 0.4) is 0 Å². The Kier molecular flexibility index (Phi) is 4.71. The average molecular weight is 374 g/mol. The number of halogens is 1. The van der Waals surface area contributed by atoms with Gasteiger partial charge in [0, 0.05) is 0 Å². The molecule has 0 aromatic heterocycles. The first kappa shape index (κ1) is 9.60. The van der Waals surface area contributed by atoms with Crippen LogP contribution in [0, 0.1) is 0 Å². The summed E-state index contributed by atoms with van der Waals surface area (Å²) in [5, 5.41) is 0. The Labute approximate surface area is 78.9 Å². The summed E-state index contributed by atoms with van der Waals surface area (Å²) in [6, 6.07) is 8.49. The topological polar surface area (TPSA) is 30.0 Å². The van der Waals surface area contributed by atoms with Crippen LogP contribution in [0.5, 0.6) is 0 Å². The van der Waals surface area contributed by atoms with Crippen molar-refractivity contribution in [3.05, 3.63) is 28.7 Å². The second kappa shape index (κ2) is 4.42. The molecular weight excluding hydrogens is 369 g/mol. The molecule has 0 fully saturated rings. The molecule has 44 valence electrons. The van der Waals surface area contributed by atoms with Crippen molar-refractivity contribution in [2.75, 3.05) is 0 Å². The van der Waals surface area contributed by atoms with Crippen LogP contribution in [0.25, 0.3) is 0 Å². The molecule has 0 bridgehead atoms. The van der Waals surface area contributed by atoms with Crippen molar-refractivity contribution in [1.82, 2.24) is 0 Å². The van der Waals surface area contributed by atoms with Gasteiger partial charge in [0.15, 0.2) is 0 Å². The van der Waals surface area contributed by atoms with Crippen LogP contribution in [0.15, 0.2) is 28.7 Å². The zero-order valence-electron chi connectivity index (χ0n) is 4.84. The Morgan fingerprint density at radius 2 is 1.56 bits per heavy atom. The summed E-state index contributed by atoms with van der Waals surface area (Å²) in [6.45, 7) is 0. The first-order chi connectivity index (χ1) is 3.79. The molecule has 1 rings (SSSR count). The molecule has 0 spiro atoms. The number of hydrogen-bond acceptors (Lipinski definition) is 1. The molecule has 0 atom stereocenters. The molecule has 0 aliphatic rings. The Hall–Kier alpha value is 0.595. The molecule has 1 aromatic carbocycles. The minimum atomic E-state index is 0. The maximum atomic E-state index is 3.37. The van der Waals surface area contributed by atoms with Gasteiger partial charge in [-0.15, -0.1) is 0 Å². The molecule has 0 saturated heterocycles. The van der Waals surface area contributed by atoms with Crippen LogP contribution < -0.4 is 3.07 Å².